The summed E-state index contributed by atoms with van der Waals surface area (Å²) in [7, 11) is 3.39. The van der Waals surface area contributed by atoms with E-state index in [1.807, 2.05) is 19.1 Å². The number of aromatic nitrogens is 1. The van der Waals surface area contributed by atoms with Crippen LogP contribution >= 0.6 is 0 Å². The van der Waals surface area contributed by atoms with Gasteiger partial charge in [-0.3, -0.25) is 9.59 Å². The Morgan fingerprint density at radius 3 is 2.60 bits per heavy atom. The Kier molecular flexibility index (Phi) is 3.93. The van der Waals surface area contributed by atoms with Crippen molar-refractivity contribution in [1.29, 1.82) is 0 Å². The number of aromatic amines is 1. The standard InChI is InChI=1S/C16H20N2O2/c1-5-11-6-7-12-10(2)13(9-15(19)18(3)4)16(20)17-14(12)8-11/h6-8H,5,9H2,1-4H3,(H,17,20). The molecule has 20 heavy (non-hydrogen) atoms. The van der Waals surface area contributed by atoms with Crippen molar-refractivity contribution in [2.75, 3.05) is 14.1 Å². The van der Waals surface area contributed by atoms with Gasteiger partial charge in [0.25, 0.3) is 5.56 Å². The van der Waals surface area contributed by atoms with Crippen LogP contribution in [-0.2, 0) is 17.6 Å². The number of pyridine rings is 1. The van der Waals surface area contributed by atoms with Gasteiger partial charge < -0.3 is 9.88 Å². The number of nitrogens with zero attached hydrogens (tertiary/aromatic N) is 1. The molecular weight excluding hydrogens is 252 g/mol. The number of hydrogen-bond acceptors (Lipinski definition) is 2. The van der Waals surface area contributed by atoms with Crippen LogP contribution in [0.4, 0.5) is 0 Å². The van der Waals surface area contributed by atoms with Crippen LogP contribution in [0.15, 0.2) is 23.0 Å². The fourth-order valence-corrected chi connectivity index (χ4v) is 2.29. The Bertz CT molecular complexity index is 714. The first kappa shape index (κ1) is 14.3. The van der Waals surface area contributed by atoms with Crippen molar-refractivity contribution in [2.45, 2.75) is 26.7 Å². The van der Waals surface area contributed by atoms with Crippen LogP contribution in [0.1, 0.15) is 23.6 Å². The van der Waals surface area contributed by atoms with Crippen LogP contribution in [0.2, 0.25) is 0 Å². The smallest absolute Gasteiger partial charge is 0.252 e. The van der Waals surface area contributed by atoms with E-state index in [1.165, 1.54) is 10.5 Å². The van der Waals surface area contributed by atoms with Crippen molar-refractivity contribution < 1.29 is 4.79 Å². The van der Waals surface area contributed by atoms with E-state index in [1.54, 1.807) is 14.1 Å². The van der Waals surface area contributed by atoms with E-state index in [9.17, 15) is 9.59 Å². The zero-order valence-corrected chi connectivity index (χ0v) is 12.4. The predicted octanol–water partition coefficient (Wildman–Crippen LogP) is 2.03. The molecule has 0 saturated carbocycles. The molecule has 0 spiro atoms. The molecule has 4 heteroatoms. The van der Waals surface area contributed by atoms with E-state index in [-0.39, 0.29) is 17.9 Å². The third-order valence-electron chi connectivity index (χ3n) is 3.70. The first-order chi connectivity index (χ1) is 9.43. The summed E-state index contributed by atoms with van der Waals surface area (Å²) >= 11 is 0. The predicted molar refractivity (Wildman–Crippen MR) is 81.1 cm³/mol. The number of fused-ring (bicyclic) bond motifs is 1. The number of nitrogens with one attached hydrogen (secondary N) is 1. The van der Waals surface area contributed by atoms with Crippen molar-refractivity contribution >= 4 is 16.8 Å². The number of aryl methyl sites for hydroxylation is 2. The Hall–Kier alpha value is -2.10. The summed E-state index contributed by atoms with van der Waals surface area (Å²) in [6.07, 6.45) is 1.07. The molecule has 106 valence electrons. The van der Waals surface area contributed by atoms with Crippen molar-refractivity contribution in [2.24, 2.45) is 0 Å². The third kappa shape index (κ3) is 2.59. The Morgan fingerprint density at radius 2 is 2.00 bits per heavy atom. The summed E-state index contributed by atoms with van der Waals surface area (Å²) in [6.45, 7) is 3.98. The largest absolute Gasteiger partial charge is 0.349 e. The average molecular weight is 272 g/mol. The van der Waals surface area contributed by atoms with Crippen molar-refractivity contribution in [3.8, 4) is 0 Å². The number of benzene rings is 1. The van der Waals surface area contributed by atoms with Gasteiger partial charge in [0.15, 0.2) is 0 Å². The maximum absolute atomic E-state index is 12.2. The number of rotatable bonds is 3. The minimum atomic E-state index is -0.168. The number of carbonyl (C=O) groups is 1. The molecule has 2 aromatic rings. The molecule has 1 amide bonds. The Morgan fingerprint density at radius 1 is 1.30 bits per heavy atom. The van der Waals surface area contributed by atoms with Gasteiger partial charge >= 0.3 is 0 Å². The molecule has 1 N–H and O–H groups in total. The highest BCUT2D eigenvalue weighted by Crippen LogP contribution is 2.19. The molecule has 1 aromatic carbocycles. The lowest BCUT2D eigenvalue weighted by Crippen LogP contribution is -2.27. The molecule has 1 aromatic heterocycles. The van der Waals surface area contributed by atoms with E-state index in [0.717, 1.165) is 22.9 Å². The van der Waals surface area contributed by atoms with Crippen molar-refractivity contribution in [3.63, 3.8) is 0 Å². The zero-order valence-electron chi connectivity index (χ0n) is 12.4. The second-order valence-electron chi connectivity index (χ2n) is 5.26. The topological polar surface area (TPSA) is 53.2 Å². The SMILES string of the molecule is CCc1ccc2c(C)c(CC(=O)N(C)C)c(=O)[nH]c2c1. The quantitative estimate of drug-likeness (QED) is 0.929. The van der Waals surface area contributed by atoms with Crippen LogP contribution in [-0.4, -0.2) is 29.9 Å². The molecular formula is C16H20N2O2. The molecule has 0 unspecified atom stereocenters. The molecule has 0 bridgehead atoms. The number of carbonyl (C=O) groups excluding carboxylic acids is 1. The Balaban J connectivity index is 2.58. The molecule has 0 radical (unpaired) electrons. The minimum absolute atomic E-state index is 0.0665. The lowest BCUT2D eigenvalue weighted by atomic mass is 10.0. The Labute approximate surface area is 118 Å². The zero-order chi connectivity index (χ0) is 14.9. The van der Waals surface area contributed by atoms with Crippen LogP contribution in [0, 0.1) is 6.92 Å². The summed E-state index contributed by atoms with van der Waals surface area (Å²) in [5.41, 5.74) is 3.30. The van der Waals surface area contributed by atoms with Gasteiger partial charge in [-0.2, -0.15) is 0 Å². The van der Waals surface area contributed by atoms with Gasteiger partial charge in [-0.15, -0.1) is 0 Å². The molecule has 0 aliphatic heterocycles. The van der Waals surface area contributed by atoms with Gasteiger partial charge in [0, 0.05) is 30.6 Å². The highest BCUT2D eigenvalue weighted by atomic mass is 16.2. The van der Waals surface area contributed by atoms with E-state index in [4.69, 9.17) is 0 Å². The van der Waals surface area contributed by atoms with E-state index >= 15 is 0 Å². The molecule has 0 saturated heterocycles. The van der Waals surface area contributed by atoms with Crippen LogP contribution in [0.5, 0.6) is 0 Å². The van der Waals surface area contributed by atoms with E-state index in [0.29, 0.717) is 5.56 Å². The highest BCUT2D eigenvalue weighted by molar-refractivity contribution is 5.86. The molecule has 0 atom stereocenters. The van der Waals surface area contributed by atoms with Gasteiger partial charge in [0.05, 0.1) is 6.42 Å². The van der Waals surface area contributed by atoms with Gasteiger partial charge in [-0.25, -0.2) is 0 Å². The maximum Gasteiger partial charge on any atom is 0.252 e. The number of likely N-dealkylation sites (N-methyl/N-ethyl adjacent to an activating group) is 1. The highest BCUT2D eigenvalue weighted by Gasteiger charge is 2.14. The lowest BCUT2D eigenvalue weighted by Gasteiger charge is -2.13. The number of hydrogen-bond donors (Lipinski definition) is 1. The maximum atomic E-state index is 12.2. The molecule has 0 aliphatic rings. The van der Waals surface area contributed by atoms with Gasteiger partial charge in [-0.1, -0.05) is 19.1 Å². The fraction of sp³-hybridized carbons (Fsp3) is 0.375. The minimum Gasteiger partial charge on any atom is -0.349 e. The first-order valence-corrected chi connectivity index (χ1v) is 6.78. The summed E-state index contributed by atoms with van der Waals surface area (Å²) in [6, 6.07) is 6.08. The summed E-state index contributed by atoms with van der Waals surface area (Å²) in [4.78, 5) is 28.4. The molecule has 2 rings (SSSR count). The van der Waals surface area contributed by atoms with Crippen LogP contribution < -0.4 is 5.56 Å². The monoisotopic (exact) mass is 272 g/mol. The number of H-pyrrole nitrogens is 1. The lowest BCUT2D eigenvalue weighted by molar-refractivity contribution is -0.127. The average Bonchev–Trinajstić information content (AvgIpc) is 2.42. The van der Waals surface area contributed by atoms with Crippen LogP contribution in [0.3, 0.4) is 0 Å². The molecule has 4 nitrogen and oxygen atoms in total. The van der Waals surface area contributed by atoms with Gasteiger partial charge in [0.1, 0.15) is 0 Å². The fourth-order valence-electron chi connectivity index (χ4n) is 2.29. The summed E-state index contributed by atoms with van der Waals surface area (Å²) in [5.74, 6) is -0.0665. The second-order valence-corrected chi connectivity index (χ2v) is 5.26. The second kappa shape index (κ2) is 5.49. The van der Waals surface area contributed by atoms with Crippen molar-refractivity contribution in [1.82, 2.24) is 9.88 Å². The summed E-state index contributed by atoms with van der Waals surface area (Å²) in [5, 5.41) is 1.00. The molecule has 0 aliphatic carbocycles. The normalized spacial score (nSPS) is 10.8. The molecule has 0 fully saturated rings. The number of amides is 1. The van der Waals surface area contributed by atoms with Crippen molar-refractivity contribution in [3.05, 3.63) is 45.2 Å². The van der Waals surface area contributed by atoms with Gasteiger partial charge in [-0.05, 0) is 30.5 Å². The summed E-state index contributed by atoms with van der Waals surface area (Å²) < 4.78 is 0. The third-order valence-corrected chi connectivity index (χ3v) is 3.70. The first-order valence-electron chi connectivity index (χ1n) is 6.78. The van der Waals surface area contributed by atoms with E-state index < -0.39 is 0 Å². The van der Waals surface area contributed by atoms with Crippen LogP contribution in [0.25, 0.3) is 10.9 Å². The van der Waals surface area contributed by atoms with E-state index in [2.05, 4.69) is 18.0 Å². The molecule has 1 heterocycles. The van der Waals surface area contributed by atoms with Gasteiger partial charge in [0.2, 0.25) is 5.91 Å².